The van der Waals surface area contributed by atoms with E-state index in [2.05, 4.69) is 15.4 Å². The van der Waals surface area contributed by atoms with Gasteiger partial charge in [0.15, 0.2) is 0 Å². The molecule has 21 heavy (non-hydrogen) atoms. The van der Waals surface area contributed by atoms with Crippen LogP contribution in [0.15, 0.2) is 53.4 Å². The number of primary sulfonamides is 1. The number of fused-ring (bicyclic) bond motifs is 1. The zero-order valence-corrected chi connectivity index (χ0v) is 12.9. The van der Waals surface area contributed by atoms with Crippen molar-refractivity contribution in [3.05, 3.63) is 48.5 Å². The van der Waals surface area contributed by atoms with Gasteiger partial charge < -0.3 is 5.11 Å². The van der Waals surface area contributed by atoms with E-state index in [9.17, 15) is 8.42 Å². The maximum atomic E-state index is 10.7. The minimum absolute atomic E-state index is 0. The van der Waals surface area contributed by atoms with Crippen molar-refractivity contribution in [1.29, 1.82) is 0 Å². The predicted molar refractivity (Wildman–Crippen MR) is 73.4 cm³/mol. The van der Waals surface area contributed by atoms with Gasteiger partial charge in [-0.15, -0.1) is 0 Å². The summed E-state index contributed by atoms with van der Waals surface area (Å²) in [6, 6.07) is 13.2. The molecule has 3 rings (SSSR count). The number of phenols is 1. The van der Waals surface area contributed by atoms with E-state index in [1.54, 1.807) is 0 Å². The number of hydrogen-bond acceptors (Lipinski definition) is 5. The van der Waals surface area contributed by atoms with E-state index in [1.807, 2.05) is 24.3 Å². The molecular formula is C12H12AgN4O3S. The Bertz CT molecular complexity index is 790. The van der Waals surface area contributed by atoms with Crippen LogP contribution in [0.1, 0.15) is 0 Å². The molecule has 0 spiro atoms. The topological polar surface area (TPSA) is 122 Å². The number of nitrogens with two attached hydrogens (primary N) is 1. The summed E-state index contributed by atoms with van der Waals surface area (Å²) in [6.45, 7) is 0. The third kappa shape index (κ3) is 4.66. The molecule has 0 saturated heterocycles. The van der Waals surface area contributed by atoms with Gasteiger partial charge in [0.2, 0.25) is 10.0 Å². The number of hydrogen-bond donors (Lipinski definition) is 3. The number of H-pyrrole nitrogens is 1. The van der Waals surface area contributed by atoms with Crippen molar-refractivity contribution >= 4 is 21.1 Å². The van der Waals surface area contributed by atoms with Crippen molar-refractivity contribution in [2.75, 3.05) is 0 Å². The zero-order chi connectivity index (χ0) is 14.6. The Hall–Kier alpha value is -1.71. The Labute approximate surface area is 136 Å². The number of aromatic amines is 1. The van der Waals surface area contributed by atoms with Gasteiger partial charge in [-0.1, -0.05) is 24.3 Å². The van der Waals surface area contributed by atoms with Crippen molar-refractivity contribution in [3.8, 4) is 5.75 Å². The van der Waals surface area contributed by atoms with Crippen molar-refractivity contribution in [1.82, 2.24) is 15.4 Å². The smallest absolute Gasteiger partial charge is 0.241 e. The molecular weight excluding hydrogens is 388 g/mol. The third-order valence-corrected chi connectivity index (χ3v) is 3.35. The predicted octanol–water partition coefficient (Wildman–Crippen LogP) is 0.995. The summed E-state index contributed by atoms with van der Waals surface area (Å²) in [7, 11) is -3.78. The number of phenolic OH excluding ortho intramolecular Hbond substituents is 1. The van der Waals surface area contributed by atoms with Crippen LogP contribution in [0.25, 0.3) is 11.0 Å². The normalized spacial score (nSPS) is 10.3. The Balaban J connectivity index is 0.000000203. The molecule has 1 heterocycles. The molecule has 0 aliphatic carbocycles. The minimum Gasteiger partial charge on any atom is -0.507 e. The summed E-state index contributed by atoms with van der Waals surface area (Å²) in [5.41, 5.74) is 1.83. The van der Waals surface area contributed by atoms with Crippen molar-refractivity contribution in [2.24, 2.45) is 5.14 Å². The van der Waals surface area contributed by atoms with E-state index in [-0.39, 0.29) is 33.0 Å². The van der Waals surface area contributed by atoms with Gasteiger partial charge in [-0.2, -0.15) is 15.4 Å². The number of para-hydroxylation sites is 3. The Morgan fingerprint density at radius 3 is 1.86 bits per heavy atom. The van der Waals surface area contributed by atoms with Crippen LogP contribution in [0, 0.1) is 0 Å². The first-order valence-electron chi connectivity index (χ1n) is 5.55. The monoisotopic (exact) mass is 399 g/mol. The Kier molecular flexibility index (Phi) is 6.06. The molecule has 0 saturated carbocycles. The summed E-state index contributed by atoms with van der Waals surface area (Å²) >= 11 is 0. The fourth-order valence-corrected chi connectivity index (χ4v) is 2.11. The second-order valence-electron chi connectivity index (χ2n) is 3.83. The van der Waals surface area contributed by atoms with Crippen LogP contribution in [0.2, 0.25) is 0 Å². The Morgan fingerprint density at radius 2 is 1.43 bits per heavy atom. The molecule has 7 nitrogen and oxygen atoms in total. The van der Waals surface area contributed by atoms with Gasteiger partial charge in [-0.3, -0.25) is 0 Å². The fourth-order valence-electron chi connectivity index (χ4n) is 1.48. The number of nitrogens with zero attached hydrogens (tertiary/aromatic N) is 2. The number of sulfonamides is 1. The van der Waals surface area contributed by atoms with Gasteiger partial charge in [-0.05, 0) is 24.3 Å². The molecule has 0 aliphatic rings. The average Bonchev–Trinajstić information content (AvgIpc) is 2.87. The van der Waals surface area contributed by atoms with E-state index in [4.69, 9.17) is 10.2 Å². The molecule has 1 aromatic heterocycles. The average molecular weight is 400 g/mol. The van der Waals surface area contributed by atoms with Gasteiger partial charge in [-0.25, -0.2) is 13.6 Å². The number of nitrogens with one attached hydrogen (secondary N) is 1. The second-order valence-corrected chi connectivity index (χ2v) is 5.35. The molecule has 4 N–H and O–H groups in total. The molecule has 2 aromatic carbocycles. The summed E-state index contributed by atoms with van der Waals surface area (Å²) in [5.74, 6) is -0.324. The molecule has 0 bridgehead atoms. The third-order valence-electron chi connectivity index (χ3n) is 2.39. The number of rotatable bonds is 1. The molecule has 1 radical (unpaired) electrons. The largest absolute Gasteiger partial charge is 0.507 e. The van der Waals surface area contributed by atoms with Crippen LogP contribution in [-0.4, -0.2) is 28.9 Å². The van der Waals surface area contributed by atoms with Crippen LogP contribution >= 0.6 is 0 Å². The number of aromatic hydroxyl groups is 1. The maximum absolute atomic E-state index is 10.7. The SMILES string of the molecule is NS(=O)(=O)c1ccccc1O.[Ag].c1ccc2n[nH]nc2c1. The number of benzene rings is 2. The van der Waals surface area contributed by atoms with Crippen molar-refractivity contribution < 1.29 is 35.9 Å². The summed E-state index contributed by atoms with van der Waals surface area (Å²) in [5, 5.41) is 24.1. The molecule has 0 fully saturated rings. The van der Waals surface area contributed by atoms with E-state index < -0.39 is 10.0 Å². The quantitative estimate of drug-likeness (QED) is 0.526. The molecule has 0 atom stereocenters. The van der Waals surface area contributed by atoms with Crippen LogP contribution in [-0.2, 0) is 32.4 Å². The zero-order valence-electron chi connectivity index (χ0n) is 10.6. The first kappa shape index (κ1) is 17.3. The fraction of sp³-hybridized carbons (Fsp3) is 0. The van der Waals surface area contributed by atoms with Crippen LogP contribution in [0.5, 0.6) is 5.75 Å². The van der Waals surface area contributed by atoms with E-state index in [0.717, 1.165) is 11.0 Å². The minimum atomic E-state index is -3.78. The summed E-state index contributed by atoms with van der Waals surface area (Å²) < 4.78 is 21.3. The molecule has 0 unspecified atom stereocenters. The molecule has 115 valence electrons. The summed E-state index contributed by atoms with van der Waals surface area (Å²) in [6.07, 6.45) is 0. The number of aromatic nitrogens is 3. The van der Waals surface area contributed by atoms with Crippen LogP contribution in [0.4, 0.5) is 0 Å². The van der Waals surface area contributed by atoms with E-state index >= 15 is 0 Å². The van der Waals surface area contributed by atoms with Crippen molar-refractivity contribution in [2.45, 2.75) is 4.90 Å². The van der Waals surface area contributed by atoms with E-state index in [0.29, 0.717) is 0 Å². The molecule has 0 amide bonds. The molecule has 3 aromatic rings. The first-order valence-corrected chi connectivity index (χ1v) is 7.09. The Morgan fingerprint density at radius 1 is 0.952 bits per heavy atom. The van der Waals surface area contributed by atoms with Gasteiger partial charge >= 0.3 is 0 Å². The van der Waals surface area contributed by atoms with Crippen molar-refractivity contribution in [3.63, 3.8) is 0 Å². The van der Waals surface area contributed by atoms with Gasteiger partial charge in [0.05, 0.1) is 0 Å². The summed E-state index contributed by atoms with van der Waals surface area (Å²) in [4.78, 5) is -0.250. The van der Waals surface area contributed by atoms with Crippen LogP contribution < -0.4 is 5.14 Å². The maximum Gasteiger partial charge on any atom is 0.241 e. The van der Waals surface area contributed by atoms with Gasteiger partial charge in [0.25, 0.3) is 0 Å². The standard InChI is InChI=1S/C6H5N3.C6H7NO3S.Ag/c1-2-4-6-5(3-1)7-9-8-6;7-11(9,10)6-4-2-1-3-5(6)8;/h1-4H,(H,7,8,9);1-4,8H,(H2,7,9,10);. The van der Waals surface area contributed by atoms with Gasteiger partial charge in [0, 0.05) is 22.4 Å². The van der Waals surface area contributed by atoms with Crippen LogP contribution in [0.3, 0.4) is 0 Å². The molecule has 0 aliphatic heterocycles. The first-order chi connectivity index (χ1) is 9.48. The van der Waals surface area contributed by atoms with E-state index in [1.165, 1.54) is 24.3 Å². The van der Waals surface area contributed by atoms with Gasteiger partial charge in [0.1, 0.15) is 21.7 Å². The molecule has 9 heteroatoms. The second kappa shape index (κ2) is 7.34.